The molecule has 12 heavy (non-hydrogen) atoms. The number of rotatable bonds is 7. The number of aliphatic hydroxyl groups is 1. The number of aliphatic hydroxyl groups excluding tert-OH is 1. The lowest BCUT2D eigenvalue weighted by atomic mass is 10.3. The van der Waals surface area contributed by atoms with Gasteiger partial charge < -0.3 is 14.6 Å². The fourth-order valence-electron chi connectivity index (χ4n) is 0.649. The summed E-state index contributed by atoms with van der Waals surface area (Å²) in [5.74, 6) is -0.347. The molecule has 4 nitrogen and oxygen atoms in total. The molecule has 70 valence electrons. The third-order valence-corrected chi connectivity index (χ3v) is 1.28. The van der Waals surface area contributed by atoms with Gasteiger partial charge in [0.2, 0.25) is 0 Å². The highest BCUT2D eigenvalue weighted by atomic mass is 16.5. The number of hydrogen-bond acceptors (Lipinski definition) is 4. The third kappa shape index (κ3) is 7.21. The highest BCUT2D eigenvalue weighted by Gasteiger charge is 2.00. The van der Waals surface area contributed by atoms with Gasteiger partial charge in [0.25, 0.3) is 0 Å². The summed E-state index contributed by atoms with van der Waals surface area (Å²) >= 11 is 0. The molecule has 0 aromatic heterocycles. The molecule has 0 bridgehead atoms. The number of carbonyl (C=O) groups is 2. The molecule has 1 N–H and O–H groups in total. The number of aldehydes is 1. The minimum absolute atomic E-state index is 0.117. The first-order valence-corrected chi connectivity index (χ1v) is 4.01. The predicted molar refractivity (Wildman–Crippen MR) is 42.6 cm³/mol. The van der Waals surface area contributed by atoms with Crippen LogP contribution in [-0.4, -0.2) is 30.6 Å². The summed E-state index contributed by atoms with van der Waals surface area (Å²) in [5.41, 5.74) is 0. The molecule has 0 aromatic carbocycles. The minimum atomic E-state index is -0.347. The quantitative estimate of drug-likeness (QED) is 0.342. The Balaban J connectivity index is 3.13. The van der Waals surface area contributed by atoms with E-state index in [9.17, 15) is 9.59 Å². The highest BCUT2D eigenvalue weighted by molar-refractivity contribution is 5.72. The van der Waals surface area contributed by atoms with Crippen molar-refractivity contribution in [1.29, 1.82) is 0 Å². The van der Waals surface area contributed by atoms with Crippen LogP contribution in [0.15, 0.2) is 0 Å². The first-order valence-electron chi connectivity index (χ1n) is 4.01. The Bertz CT molecular complexity index is 133. The number of hydrogen-bond donors (Lipinski definition) is 1. The molecule has 0 amide bonds. The Hall–Kier alpha value is -0.900. The molecule has 0 radical (unpaired) electrons. The van der Waals surface area contributed by atoms with Gasteiger partial charge in [-0.1, -0.05) is 0 Å². The monoisotopic (exact) mass is 174 g/mol. The van der Waals surface area contributed by atoms with E-state index >= 15 is 0 Å². The summed E-state index contributed by atoms with van der Waals surface area (Å²) in [6.45, 7) is 0.449. The van der Waals surface area contributed by atoms with E-state index in [1.807, 2.05) is 0 Å². The minimum Gasteiger partial charge on any atom is -0.466 e. The molecule has 0 fully saturated rings. The van der Waals surface area contributed by atoms with Gasteiger partial charge in [0.15, 0.2) is 0 Å². The first-order chi connectivity index (χ1) is 5.81. The van der Waals surface area contributed by atoms with Gasteiger partial charge in [-0.3, -0.25) is 4.79 Å². The topological polar surface area (TPSA) is 63.6 Å². The van der Waals surface area contributed by atoms with Gasteiger partial charge in [0, 0.05) is 13.0 Å². The molecule has 0 aliphatic rings. The summed E-state index contributed by atoms with van der Waals surface area (Å²) in [7, 11) is 0. The summed E-state index contributed by atoms with van der Waals surface area (Å²) in [6, 6.07) is 0. The van der Waals surface area contributed by atoms with Crippen LogP contribution >= 0.6 is 0 Å². The van der Waals surface area contributed by atoms with Crippen LogP contribution in [0.4, 0.5) is 0 Å². The lowest BCUT2D eigenvalue weighted by molar-refractivity contribution is -0.144. The van der Waals surface area contributed by atoms with E-state index in [1.54, 1.807) is 0 Å². The predicted octanol–water partition coefficient (Wildman–Crippen LogP) is 0.281. The molecule has 0 heterocycles. The van der Waals surface area contributed by atoms with Gasteiger partial charge in [-0.15, -0.1) is 0 Å². The van der Waals surface area contributed by atoms with Crippen molar-refractivity contribution in [2.24, 2.45) is 0 Å². The third-order valence-electron chi connectivity index (χ3n) is 1.28. The fraction of sp³-hybridized carbons (Fsp3) is 0.750. The van der Waals surface area contributed by atoms with Crippen LogP contribution in [0.2, 0.25) is 0 Å². The van der Waals surface area contributed by atoms with Crippen LogP contribution < -0.4 is 0 Å². The maximum absolute atomic E-state index is 10.7. The average molecular weight is 174 g/mol. The first kappa shape index (κ1) is 11.1. The van der Waals surface area contributed by atoms with Crippen LogP contribution in [0, 0.1) is 0 Å². The number of unbranched alkanes of at least 4 members (excludes halogenated alkanes) is 1. The van der Waals surface area contributed by atoms with Crippen LogP contribution in [0.3, 0.4) is 0 Å². The Morgan fingerprint density at radius 1 is 1.42 bits per heavy atom. The van der Waals surface area contributed by atoms with E-state index in [2.05, 4.69) is 0 Å². The van der Waals surface area contributed by atoms with E-state index in [0.717, 1.165) is 0 Å². The summed E-state index contributed by atoms with van der Waals surface area (Å²) in [5, 5.41) is 8.39. The van der Waals surface area contributed by atoms with E-state index in [-0.39, 0.29) is 25.4 Å². The van der Waals surface area contributed by atoms with E-state index < -0.39 is 0 Å². The van der Waals surface area contributed by atoms with Crippen molar-refractivity contribution in [2.75, 3.05) is 13.2 Å². The Labute approximate surface area is 71.5 Å². The van der Waals surface area contributed by atoms with Crippen molar-refractivity contribution < 1.29 is 19.4 Å². The van der Waals surface area contributed by atoms with Gasteiger partial charge in [0.05, 0.1) is 13.0 Å². The summed E-state index contributed by atoms with van der Waals surface area (Å²) in [4.78, 5) is 20.6. The average Bonchev–Trinajstić information content (AvgIpc) is 2.09. The molecule has 0 aliphatic carbocycles. The molecule has 0 unspecified atom stereocenters. The zero-order valence-corrected chi connectivity index (χ0v) is 6.99. The van der Waals surface area contributed by atoms with E-state index in [1.165, 1.54) is 0 Å². The zero-order valence-electron chi connectivity index (χ0n) is 6.99. The second kappa shape index (κ2) is 8.20. The largest absolute Gasteiger partial charge is 0.466 e. The molecule has 0 saturated heterocycles. The van der Waals surface area contributed by atoms with Gasteiger partial charge in [-0.25, -0.2) is 0 Å². The molecular weight excluding hydrogens is 160 g/mol. The molecule has 0 saturated carbocycles. The van der Waals surface area contributed by atoms with Crippen molar-refractivity contribution in [1.82, 2.24) is 0 Å². The van der Waals surface area contributed by atoms with Gasteiger partial charge in [-0.05, 0) is 12.8 Å². The second-order valence-electron chi connectivity index (χ2n) is 2.36. The lowest BCUT2D eigenvalue weighted by Gasteiger charge is -2.01. The Morgan fingerprint density at radius 2 is 2.17 bits per heavy atom. The molecule has 0 spiro atoms. The van der Waals surface area contributed by atoms with Crippen molar-refractivity contribution in [2.45, 2.75) is 25.7 Å². The smallest absolute Gasteiger partial charge is 0.306 e. The molecular formula is C8H14O4. The second-order valence-corrected chi connectivity index (χ2v) is 2.36. The maximum Gasteiger partial charge on any atom is 0.306 e. The fourth-order valence-corrected chi connectivity index (χ4v) is 0.649. The molecule has 4 heteroatoms. The SMILES string of the molecule is O=CCCC(=O)OCCCCO. The van der Waals surface area contributed by atoms with Crippen molar-refractivity contribution in [3.63, 3.8) is 0 Å². The number of carbonyl (C=O) groups excluding carboxylic acids is 2. The standard InChI is InChI=1S/C8H14O4/c9-5-1-2-7-12-8(11)4-3-6-10/h6,9H,1-5,7H2. The number of ether oxygens (including phenoxy) is 1. The van der Waals surface area contributed by atoms with Crippen LogP contribution in [0.25, 0.3) is 0 Å². The molecule has 0 rings (SSSR count). The maximum atomic E-state index is 10.7. The van der Waals surface area contributed by atoms with Crippen LogP contribution in [-0.2, 0) is 14.3 Å². The van der Waals surface area contributed by atoms with Gasteiger partial charge in [0.1, 0.15) is 6.29 Å². The van der Waals surface area contributed by atoms with Gasteiger partial charge in [-0.2, -0.15) is 0 Å². The number of esters is 1. The van der Waals surface area contributed by atoms with Crippen LogP contribution in [0.1, 0.15) is 25.7 Å². The van der Waals surface area contributed by atoms with Crippen molar-refractivity contribution >= 4 is 12.3 Å². The highest BCUT2D eigenvalue weighted by Crippen LogP contribution is 1.93. The lowest BCUT2D eigenvalue weighted by Crippen LogP contribution is -2.06. The Morgan fingerprint density at radius 3 is 2.75 bits per heavy atom. The Kier molecular flexibility index (Phi) is 7.58. The van der Waals surface area contributed by atoms with Gasteiger partial charge >= 0.3 is 5.97 Å². The normalized spacial score (nSPS) is 9.42. The molecule has 0 aliphatic heterocycles. The summed E-state index contributed by atoms with van der Waals surface area (Å²) < 4.78 is 4.74. The van der Waals surface area contributed by atoms with Crippen molar-refractivity contribution in [3.8, 4) is 0 Å². The van der Waals surface area contributed by atoms with Crippen LogP contribution in [0.5, 0.6) is 0 Å². The van der Waals surface area contributed by atoms with Crippen molar-refractivity contribution in [3.05, 3.63) is 0 Å². The van der Waals surface area contributed by atoms with E-state index in [4.69, 9.17) is 9.84 Å². The summed E-state index contributed by atoms with van der Waals surface area (Å²) in [6.07, 6.45) is 2.38. The molecule has 0 aromatic rings. The zero-order chi connectivity index (χ0) is 9.23. The van der Waals surface area contributed by atoms with E-state index in [0.29, 0.717) is 25.7 Å². The molecule has 0 atom stereocenters.